The third-order valence-electron chi connectivity index (χ3n) is 2.36. The smallest absolute Gasteiger partial charge is 0.0611 e. The van der Waals surface area contributed by atoms with Crippen molar-refractivity contribution in [3.05, 3.63) is 35.4 Å². The molecular formula is C11H15NO. The van der Waals surface area contributed by atoms with E-state index in [0.29, 0.717) is 0 Å². The molecule has 2 heteroatoms. The van der Waals surface area contributed by atoms with E-state index >= 15 is 0 Å². The van der Waals surface area contributed by atoms with Crippen molar-refractivity contribution in [3.63, 3.8) is 0 Å². The van der Waals surface area contributed by atoms with Crippen molar-refractivity contribution < 1.29 is 5.21 Å². The number of hydrogen-bond donors (Lipinski definition) is 1. The monoisotopic (exact) mass is 177 g/mol. The molecule has 0 bridgehead atoms. The zero-order chi connectivity index (χ0) is 9.84. The molecule has 1 aromatic carbocycles. The molecule has 70 valence electrons. The van der Waals surface area contributed by atoms with Gasteiger partial charge in [0, 0.05) is 5.92 Å². The van der Waals surface area contributed by atoms with Gasteiger partial charge in [-0.2, -0.15) is 0 Å². The molecule has 0 aliphatic carbocycles. The van der Waals surface area contributed by atoms with Gasteiger partial charge in [0.25, 0.3) is 0 Å². The highest BCUT2D eigenvalue weighted by atomic mass is 16.4. The highest BCUT2D eigenvalue weighted by molar-refractivity contribution is 5.87. The van der Waals surface area contributed by atoms with Crippen LogP contribution in [0.2, 0.25) is 0 Å². The quantitative estimate of drug-likeness (QED) is 0.420. The van der Waals surface area contributed by atoms with Gasteiger partial charge >= 0.3 is 0 Å². The van der Waals surface area contributed by atoms with Crippen molar-refractivity contribution in [1.29, 1.82) is 0 Å². The van der Waals surface area contributed by atoms with Gasteiger partial charge in [0.1, 0.15) is 0 Å². The zero-order valence-electron chi connectivity index (χ0n) is 8.28. The largest absolute Gasteiger partial charge is 0.411 e. The van der Waals surface area contributed by atoms with E-state index in [1.165, 1.54) is 11.1 Å². The van der Waals surface area contributed by atoms with Crippen LogP contribution in [-0.4, -0.2) is 10.9 Å². The SMILES string of the molecule is CC(=NO)C(C)c1ccc(C)cc1. The van der Waals surface area contributed by atoms with Gasteiger partial charge in [-0.3, -0.25) is 0 Å². The molecule has 2 nitrogen and oxygen atoms in total. The zero-order valence-corrected chi connectivity index (χ0v) is 8.28. The molecule has 0 aromatic heterocycles. The van der Waals surface area contributed by atoms with Crippen LogP contribution in [-0.2, 0) is 0 Å². The summed E-state index contributed by atoms with van der Waals surface area (Å²) >= 11 is 0. The Hall–Kier alpha value is -1.31. The lowest BCUT2D eigenvalue weighted by molar-refractivity contribution is 0.316. The van der Waals surface area contributed by atoms with Gasteiger partial charge in [0.15, 0.2) is 0 Å². The summed E-state index contributed by atoms with van der Waals surface area (Å²) in [6, 6.07) is 8.26. The van der Waals surface area contributed by atoms with Gasteiger partial charge < -0.3 is 5.21 Å². The Labute approximate surface area is 78.9 Å². The van der Waals surface area contributed by atoms with Crippen molar-refractivity contribution in [1.82, 2.24) is 0 Å². The highest BCUT2D eigenvalue weighted by Gasteiger charge is 2.08. The van der Waals surface area contributed by atoms with E-state index in [-0.39, 0.29) is 5.92 Å². The summed E-state index contributed by atoms with van der Waals surface area (Å²) in [6.07, 6.45) is 0. The van der Waals surface area contributed by atoms with Crippen LogP contribution in [0.3, 0.4) is 0 Å². The Kier molecular flexibility index (Phi) is 3.07. The number of hydrogen-bond acceptors (Lipinski definition) is 2. The van der Waals surface area contributed by atoms with Crippen molar-refractivity contribution >= 4 is 5.71 Å². The van der Waals surface area contributed by atoms with Gasteiger partial charge in [0.05, 0.1) is 5.71 Å². The van der Waals surface area contributed by atoms with Crippen LogP contribution in [0.5, 0.6) is 0 Å². The number of nitrogens with zero attached hydrogens (tertiary/aromatic N) is 1. The van der Waals surface area contributed by atoms with Crippen molar-refractivity contribution in [2.45, 2.75) is 26.7 Å². The minimum atomic E-state index is 0.186. The second-order valence-electron chi connectivity index (χ2n) is 3.37. The molecule has 0 fully saturated rings. The first kappa shape index (κ1) is 9.78. The molecule has 1 N–H and O–H groups in total. The second kappa shape index (κ2) is 4.08. The molecule has 0 saturated carbocycles. The van der Waals surface area contributed by atoms with Crippen molar-refractivity contribution in [2.24, 2.45) is 5.16 Å². The van der Waals surface area contributed by atoms with Crippen molar-refractivity contribution in [2.75, 3.05) is 0 Å². The van der Waals surface area contributed by atoms with Gasteiger partial charge in [-0.25, -0.2) is 0 Å². The maximum Gasteiger partial charge on any atom is 0.0611 e. The van der Waals surface area contributed by atoms with Gasteiger partial charge in [-0.05, 0) is 19.4 Å². The lowest BCUT2D eigenvalue weighted by Crippen LogP contribution is -2.04. The Morgan fingerprint density at radius 1 is 1.31 bits per heavy atom. The predicted molar refractivity (Wildman–Crippen MR) is 54.5 cm³/mol. The van der Waals surface area contributed by atoms with Crippen LogP contribution >= 0.6 is 0 Å². The first-order valence-corrected chi connectivity index (χ1v) is 4.40. The summed E-state index contributed by atoms with van der Waals surface area (Å²) in [5.74, 6) is 0.186. The summed E-state index contributed by atoms with van der Waals surface area (Å²) in [6.45, 7) is 5.91. The molecule has 0 amide bonds. The van der Waals surface area contributed by atoms with E-state index in [1.807, 2.05) is 13.8 Å². The third-order valence-corrected chi connectivity index (χ3v) is 2.36. The molecule has 1 aromatic rings. The standard InChI is InChI=1S/C11H15NO/c1-8-4-6-11(7-5-8)9(2)10(3)12-13/h4-7,9,13H,1-3H3. The van der Waals surface area contributed by atoms with E-state index in [4.69, 9.17) is 5.21 Å². The summed E-state index contributed by atoms with van der Waals surface area (Å²) in [5, 5.41) is 11.8. The molecule has 0 aliphatic rings. The summed E-state index contributed by atoms with van der Waals surface area (Å²) < 4.78 is 0. The average Bonchev–Trinajstić information content (AvgIpc) is 2.17. The second-order valence-corrected chi connectivity index (χ2v) is 3.37. The topological polar surface area (TPSA) is 32.6 Å². The van der Waals surface area contributed by atoms with Crippen LogP contribution in [0.25, 0.3) is 0 Å². The molecule has 0 heterocycles. The minimum Gasteiger partial charge on any atom is -0.411 e. The Morgan fingerprint density at radius 2 is 1.85 bits per heavy atom. The van der Waals surface area contributed by atoms with E-state index in [9.17, 15) is 0 Å². The fourth-order valence-electron chi connectivity index (χ4n) is 1.18. The number of aryl methyl sites for hydroxylation is 1. The Bertz CT molecular complexity index is 300. The van der Waals surface area contributed by atoms with E-state index < -0.39 is 0 Å². The molecule has 0 radical (unpaired) electrons. The van der Waals surface area contributed by atoms with E-state index in [1.54, 1.807) is 0 Å². The lowest BCUT2D eigenvalue weighted by Gasteiger charge is -2.09. The summed E-state index contributed by atoms with van der Waals surface area (Å²) in [5.41, 5.74) is 3.17. The molecular weight excluding hydrogens is 162 g/mol. The fraction of sp³-hybridized carbons (Fsp3) is 0.364. The molecule has 1 unspecified atom stereocenters. The molecule has 1 rings (SSSR count). The van der Waals surface area contributed by atoms with E-state index in [0.717, 1.165) is 5.71 Å². The minimum absolute atomic E-state index is 0.186. The normalized spacial score (nSPS) is 14.2. The van der Waals surface area contributed by atoms with Crippen molar-refractivity contribution in [3.8, 4) is 0 Å². The Morgan fingerprint density at radius 3 is 2.31 bits per heavy atom. The van der Waals surface area contributed by atoms with Crippen LogP contribution in [0, 0.1) is 6.92 Å². The van der Waals surface area contributed by atoms with Gasteiger partial charge in [-0.1, -0.05) is 41.9 Å². The summed E-state index contributed by atoms with van der Waals surface area (Å²) in [4.78, 5) is 0. The lowest BCUT2D eigenvalue weighted by atomic mass is 9.96. The van der Waals surface area contributed by atoms with Gasteiger partial charge in [-0.15, -0.1) is 0 Å². The Balaban J connectivity index is 2.89. The molecule has 13 heavy (non-hydrogen) atoms. The number of benzene rings is 1. The molecule has 0 spiro atoms. The molecule has 1 atom stereocenters. The molecule has 0 saturated heterocycles. The van der Waals surface area contributed by atoms with Crippen LogP contribution in [0.15, 0.2) is 29.4 Å². The first-order valence-electron chi connectivity index (χ1n) is 4.40. The average molecular weight is 177 g/mol. The number of oxime groups is 1. The predicted octanol–water partition coefficient (Wildman–Crippen LogP) is 2.95. The first-order chi connectivity index (χ1) is 6.15. The van der Waals surface area contributed by atoms with Crippen LogP contribution in [0.1, 0.15) is 30.9 Å². The van der Waals surface area contributed by atoms with E-state index in [2.05, 4.69) is 36.3 Å². The highest BCUT2D eigenvalue weighted by Crippen LogP contribution is 2.17. The fourth-order valence-corrected chi connectivity index (χ4v) is 1.18. The van der Waals surface area contributed by atoms with Gasteiger partial charge in [0.2, 0.25) is 0 Å². The third kappa shape index (κ3) is 2.31. The molecule has 0 aliphatic heterocycles. The maximum atomic E-state index is 8.61. The summed E-state index contributed by atoms with van der Waals surface area (Å²) in [7, 11) is 0. The van der Waals surface area contributed by atoms with Crippen LogP contribution < -0.4 is 0 Å². The number of rotatable bonds is 2. The maximum absolute atomic E-state index is 8.61. The van der Waals surface area contributed by atoms with Crippen LogP contribution in [0.4, 0.5) is 0 Å².